The predicted molar refractivity (Wildman–Crippen MR) is 122 cm³/mol. The highest BCUT2D eigenvalue weighted by Crippen LogP contribution is 2.33. The molecule has 12 heteroatoms. The summed E-state index contributed by atoms with van der Waals surface area (Å²) in [5.74, 6) is -2.39. The van der Waals surface area contributed by atoms with Crippen LogP contribution in [0.4, 0.5) is 27.8 Å². The highest BCUT2D eigenvalue weighted by molar-refractivity contribution is 7.90. The van der Waals surface area contributed by atoms with E-state index < -0.39 is 39.1 Å². The summed E-state index contributed by atoms with van der Waals surface area (Å²) in [4.78, 5) is 20.1. The lowest BCUT2D eigenvalue weighted by Crippen LogP contribution is -2.52. The molecule has 0 bridgehead atoms. The topological polar surface area (TPSA) is 70.6 Å². The Balaban J connectivity index is 1.39. The molecule has 196 valence electrons. The summed E-state index contributed by atoms with van der Waals surface area (Å²) < 4.78 is 90.5. The molecule has 0 radical (unpaired) electrons. The lowest BCUT2D eigenvalue weighted by atomic mass is 9.88. The van der Waals surface area contributed by atoms with Crippen molar-refractivity contribution >= 4 is 21.6 Å². The van der Waals surface area contributed by atoms with Crippen LogP contribution in [0.5, 0.6) is 0 Å². The standard InChI is InChI=1S/C24H26F5N3O3S/c1-36(34,35)19-5-4-15(20(25)13-19)11-16-3-2-8-32(23(16)33)18-6-9-31(10-7-18)22-21(26)12-17(14-30-22)24(27,28)29/h4-5,12-14,16,18H,2-3,6-11H2,1H3/t16-/m1/s1. The van der Waals surface area contributed by atoms with Crippen molar-refractivity contribution in [1.82, 2.24) is 9.88 Å². The van der Waals surface area contributed by atoms with Gasteiger partial charge in [-0.3, -0.25) is 4.79 Å². The van der Waals surface area contributed by atoms with Gasteiger partial charge in [-0.25, -0.2) is 22.2 Å². The number of aromatic nitrogens is 1. The highest BCUT2D eigenvalue weighted by Gasteiger charge is 2.36. The van der Waals surface area contributed by atoms with Crippen LogP contribution in [0.3, 0.4) is 0 Å². The van der Waals surface area contributed by atoms with Gasteiger partial charge in [-0.15, -0.1) is 0 Å². The Bertz CT molecular complexity index is 1240. The molecule has 2 saturated heterocycles. The Kier molecular flexibility index (Phi) is 7.27. The van der Waals surface area contributed by atoms with Gasteiger partial charge in [-0.05, 0) is 55.9 Å². The van der Waals surface area contributed by atoms with Gasteiger partial charge >= 0.3 is 6.18 Å². The molecule has 36 heavy (non-hydrogen) atoms. The molecule has 0 saturated carbocycles. The first-order chi connectivity index (χ1) is 16.8. The number of halogens is 5. The molecule has 1 aromatic heterocycles. The second kappa shape index (κ2) is 9.95. The van der Waals surface area contributed by atoms with E-state index in [2.05, 4.69) is 4.98 Å². The van der Waals surface area contributed by atoms with Crippen LogP contribution in [-0.2, 0) is 27.2 Å². The summed E-state index contributed by atoms with van der Waals surface area (Å²) in [6.45, 7) is 1.20. The summed E-state index contributed by atoms with van der Waals surface area (Å²) >= 11 is 0. The average molecular weight is 532 g/mol. The Hall–Kier alpha value is -2.76. The van der Waals surface area contributed by atoms with Gasteiger partial charge in [0.15, 0.2) is 21.5 Å². The number of likely N-dealkylation sites (tertiary alicyclic amines) is 1. The van der Waals surface area contributed by atoms with Gasteiger partial charge in [0.25, 0.3) is 0 Å². The zero-order chi connectivity index (χ0) is 26.3. The number of anilines is 1. The molecule has 2 fully saturated rings. The molecule has 2 aromatic rings. The number of hydrogen-bond acceptors (Lipinski definition) is 5. The normalized spacial score (nSPS) is 20.2. The van der Waals surface area contributed by atoms with Crippen LogP contribution in [0.1, 0.15) is 36.8 Å². The maximum Gasteiger partial charge on any atom is 0.417 e. The van der Waals surface area contributed by atoms with Crippen LogP contribution < -0.4 is 4.90 Å². The van der Waals surface area contributed by atoms with Crippen LogP contribution in [0.2, 0.25) is 0 Å². The van der Waals surface area contributed by atoms with E-state index in [1.54, 1.807) is 9.80 Å². The first-order valence-corrected chi connectivity index (χ1v) is 13.5. The van der Waals surface area contributed by atoms with E-state index >= 15 is 0 Å². The van der Waals surface area contributed by atoms with Crippen LogP contribution in [-0.4, -0.2) is 56.1 Å². The molecule has 2 aliphatic heterocycles. The van der Waals surface area contributed by atoms with Gasteiger partial charge in [0.05, 0.1) is 10.5 Å². The minimum atomic E-state index is -4.68. The zero-order valence-electron chi connectivity index (χ0n) is 19.6. The number of sulfone groups is 1. The molecule has 4 rings (SSSR count). The zero-order valence-corrected chi connectivity index (χ0v) is 20.4. The monoisotopic (exact) mass is 531 g/mol. The van der Waals surface area contributed by atoms with Crippen LogP contribution in [0, 0.1) is 17.6 Å². The molecule has 1 aromatic carbocycles. The fraction of sp³-hybridized carbons (Fsp3) is 0.500. The smallest absolute Gasteiger partial charge is 0.354 e. The first kappa shape index (κ1) is 26.3. The van der Waals surface area contributed by atoms with E-state index in [0.717, 1.165) is 18.7 Å². The van der Waals surface area contributed by atoms with E-state index in [0.29, 0.717) is 51.2 Å². The lowest BCUT2D eigenvalue weighted by Gasteiger charge is -2.42. The number of alkyl halides is 3. The number of carbonyl (C=O) groups excluding carboxylic acids is 1. The number of nitrogens with zero attached hydrogens (tertiary/aromatic N) is 3. The number of amides is 1. The molecule has 0 aliphatic carbocycles. The molecule has 2 aliphatic rings. The highest BCUT2D eigenvalue weighted by atomic mass is 32.2. The van der Waals surface area contributed by atoms with Crippen molar-refractivity contribution in [2.24, 2.45) is 5.92 Å². The Morgan fingerprint density at radius 3 is 2.31 bits per heavy atom. The van der Waals surface area contributed by atoms with E-state index in [4.69, 9.17) is 0 Å². The maximum atomic E-state index is 14.5. The molecular weight excluding hydrogens is 505 g/mol. The quantitative estimate of drug-likeness (QED) is 0.540. The van der Waals surface area contributed by atoms with Gasteiger partial charge in [0.2, 0.25) is 5.91 Å². The van der Waals surface area contributed by atoms with Crippen molar-refractivity contribution in [3.8, 4) is 0 Å². The summed E-state index contributed by atoms with van der Waals surface area (Å²) in [6, 6.07) is 4.03. The fourth-order valence-corrected chi connectivity index (χ4v) is 5.56. The maximum absolute atomic E-state index is 14.5. The van der Waals surface area contributed by atoms with Gasteiger partial charge in [-0.1, -0.05) is 6.07 Å². The van der Waals surface area contributed by atoms with Crippen LogP contribution >= 0.6 is 0 Å². The van der Waals surface area contributed by atoms with Gasteiger partial charge in [0.1, 0.15) is 5.82 Å². The van der Waals surface area contributed by atoms with E-state index in [1.807, 2.05) is 0 Å². The van der Waals surface area contributed by atoms with Crippen molar-refractivity contribution in [3.05, 3.63) is 53.2 Å². The largest absolute Gasteiger partial charge is 0.417 e. The third-order valence-electron chi connectivity index (χ3n) is 6.86. The predicted octanol–water partition coefficient (Wildman–Crippen LogP) is 4.23. The number of hydrogen-bond donors (Lipinski definition) is 0. The van der Waals surface area contributed by atoms with Gasteiger partial charge < -0.3 is 9.80 Å². The van der Waals surface area contributed by atoms with E-state index in [9.17, 15) is 35.2 Å². The van der Waals surface area contributed by atoms with Gasteiger partial charge in [-0.2, -0.15) is 13.2 Å². The van der Waals surface area contributed by atoms with Crippen molar-refractivity contribution in [3.63, 3.8) is 0 Å². The Labute approximate surface area is 206 Å². The number of benzene rings is 1. The number of rotatable bonds is 5. The van der Waals surface area contributed by atoms with E-state index in [-0.39, 0.29) is 34.6 Å². The molecular formula is C24H26F5N3O3S. The lowest BCUT2D eigenvalue weighted by molar-refractivity contribution is -0.141. The minimum absolute atomic E-state index is 0.106. The molecule has 0 N–H and O–H groups in total. The third kappa shape index (κ3) is 5.63. The first-order valence-electron chi connectivity index (χ1n) is 11.6. The molecule has 0 unspecified atom stereocenters. The fourth-order valence-electron chi connectivity index (χ4n) is 4.93. The molecule has 0 spiro atoms. The molecule has 3 heterocycles. The average Bonchev–Trinajstić information content (AvgIpc) is 2.80. The van der Waals surface area contributed by atoms with Gasteiger partial charge in [0, 0.05) is 44.0 Å². The van der Waals surface area contributed by atoms with E-state index in [1.165, 1.54) is 12.1 Å². The Morgan fingerprint density at radius 2 is 1.72 bits per heavy atom. The summed E-state index contributed by atoms with van der Waals surface area (Å²) in [7, 11) is -3.54. The van der Waals surface area contributed by atoms with Crippen LogP contribution in [0.15, 0.2) is 35.4 Å². The van der Waals surface area contributed by atoms with Crippen molar-refractivity contribution < 1.29 is 35.2 Å². The van der Waals surface area contributed by atoms with Crippen LogP contribution in [0.25, 0.3) is 0 Å². The third-order valence-corrected chi connectivity index (χ3v) is 7.97. The molecule has 6 nitrogen and oxygen atoms in total. The number of pyridine rings is 1. The summed E-state index contributed by atoms with van der Waals surface area (Å²) in [6.07, 6.45) is -0.594. The number of carbonyl (C=O) groups is 1. The van der Waals surface area contributed by atoms with Crippen molar-refractivity contribution in [2.75, 3.05) is 30.8 Å². The van der Waals surface area contributed by atoms with Crippen molar-refractivity contribution in [2.45, 2.75) is 49.2 Å². The summed E-state index contributed by atoms with van der Waals surface area (Å²) in [5.41, 5.74) is -0.868. The summed E-state index contributed by atoms with van der Waals surface area (Å²) in [5, 5.41) is 0. The van der Waals surface area contributed by atoms with Crippen molar-refractivity contribution in [1.29, 1.82) is 0 Å². The second-order valence-electron chi connectivity index (χ2n) is 9.35. The minimum Gasteiger partial charge on any atom is -0.354 e. The molecule has 1 atom stereocenters. The SMILES string of the molecule is CS(=O)(=O)c1ccc(C[C@H]2CCCN(C3CCN(c4ncc(C(F)(F)F)cc4F)CC3)C2=O)c(F)c1. The second-order valence-corrected chi connectivity index (χ2v) is 11.4. The Morgan fingerprint density at radius 1 is 1.03 bits per heavy atom. The molecule has 1 amide bonds. The number of piperidine rings is 2.